The molecule has 43 heavy (non-hydrogen) atoms. The van der Waals surface area contributed by atoms with Crippen molar-refractivity contribution in [1.82, 2.24) is 10.0 Å². The summed E-state index contributed by atoms with van der Waals surface area (Å²) in [7, 11) is -3.77. The lowest BCUT2D eigenvalue weighted by Crippen LogP contribution is -2.54. The minimum atomic E-state index is -3.77. The summed E-state index contributed by atoms with van der Waals surface area (Å²) < 4.78 is 36.3. The predicted molar refractivity (Wildman–Crippen MR) is 164 cm³/mol. The van der Waals surface area contributed by atoms with E-state index in [1.807, 2.05) is 78.1 Å². The molecule has 1 aliphatic rings. The standard InChI is InChI=1S/C30H35N5O7S/c1-4-41-27(42-5-2)20-35-26-17-10-9-16-25(26)34(23-14-7-6-8-15-23)19-24(29(35)37)32-30(38)31-22-13-11-12-21(18-22)28(36)33-43(3,39)40/h6-18,24,27H,4-5,19-20H2,1-3H3,(H,33,36)(H2,31,32,38). The lowest BCUT2D eigenvalue weighted by Gasteiger charge is -2.29. The Bertz CT molecular complexity index is 1550. The number of fused-ring (bicyclic) bond motifs is 1. The zero-order valence-electron chi connectivity index (χ0n) is 24.1. The van der Waals surface area contributed by atoms with Crippen LogP contribution in [0.2, 0.25) is 0 Å². The quantitative estimate of drug-likeness (QED) is 0.280. The second-order valence-electron chi connectivity index (χ2n) is 9.66. The number of carbonyl (C=O) groups is 3. The van der Waals surface area contributed by atoms with Gasteiger partial charge in [-0.15, -0.1) is 0 Å². The summed E-state index contributed by atoms with van der Waals surface area (Å²) in [6, 6.07) is 21.1. The van der Waals surface area contributed by atoms with Crippen LogP contribution in [-0.4, -0.2) is 71.2 Å². The largest absolute Gasteiger partial charge is 0.351 e. The number of nitrogens with zero attached hydrogens (tertiary/aromatic N) is 2. The molecule has 0 spiro atoms. The molecule has 0 bridgehead atoms. The molecule has 0 fully saturated rings. The Morgan fingerprint density at radius 1 is 0.930 bits per heavy atom. The topological polar surface area (TPSA) is 146 Å². The number of rotatable bonds is 11. The van der Waals surface area contributed by atoms with Crippen LogP contribution < -0.4 is 25.2 Å². The summed E-state index contributed by atoms with van der Waals surface area (Å²) in [5, 5.41) is 5.43. The van der Waals surface area contributed by atoms with Crippen molar-refractivity contribution in [2.24, 2.45) is 0 Å². The molecule has 0 saturated carbocycles. The molecule has 4 rings (SSSR count). The third-order valence-corrected chi connectivity index (χ3v) is 7.02. The van der Waals surface area contributed by atoms with Crippen molar-refractivity contribution in [1.29, 1.82) is 0 Å². The second kappa shape index (κ2) is 14.1. The first-order chi connectivity index (χ1) is 20.6. The minimum absolute atomic E-state index is 0.0311. The van der Waals surface area contributed by atoms with E-state index in [9.17, 15) is 22.8 Å². The average Bonchev–Trinajstić information content (AvgIpc) is 3.08. The van der Waals surface area contributed by atoms with E-state index < -0.39 is 34.3 Å². The Morgan fingerprint density at radius 3 is 2.23 bits per heavy atom. The molecule has 0 aliphatic carbocycles. The van der Waals surface area contributed by atoms with Crippen LogP contribution in [0, 0.1) is 0 Å². The number of hydrogen-bond acceptors (Lipinski definition) is 8. The summed E-state index contributed by atoms with van der Waals surface area (Å²) in [5.74, 6) is -1.21. The van der Waals surface area contributed by atoms with Crippen LogP contribution >= 0.6 is 0 Å². The fraction of sp³-hybridized carbons (Fsp3) is 0.300. The molecule has 13 heteroatoms. The molecule has 1 aliphatic heterocycles. The van der Waals surface area contributed by atoms with Crippen LogP contribution in [0.15, 0.2) is 78.9 Å². The summed E-state index contributed by atoms with van der Waals surface area (Å²) >= 11 is 0. The molecule has 1 heterocycles. The number of anilines is 4. The van der Waals surface area contributed by atoms with Gasteiger partial charge in [-0.2, -0.15) is 0 Å². The molecular weight excluding hydrogens is 574 g/mol. The summed E-state index contributed by atoms with van der Waals surface area (Å²) in [6.07, 6.45) is 0.181. The highest BCUT2D eigenvalue weighted by Gasteiger charge is 2.36. The summed E-state index contributed by atoms with van der Waals surface area (Å²) in [5.41, 5.74) is 2.49. The van der Waals surface area contributed by atoms with Gasteiger partial charge in [-0.05, 0) is 56.3 Å². The van der Waals surface area contributed by atoms with E-state index in [1.54, 1.807) is 11.0 Å². The van der Waals surface area contributed by atoms with E-state index in [4.69, 9.17) is 9.47 Å². The van der Waals surface area contributed by atoms with Gasteiger partial charge in [0.05, 0.1) is 30.7 Å². The number of para-hydroxylation sites is 3. The van der Waals surface area contributed by atoms with Crippen molar-refractivity contribution >= 4 is 50.6 Å². The van der Waals surface area contributed by atoms with Gasteiger partial charge in [0.1, 0.15) is 6.04 Å². The van der Waals surface area contributed by atoms with Crippen molar-refractivity contribution < 1.29 is 32.3 Å². The fourth-order valence-corrected chi connectivity index (χ4v) is 5.15. The van der Waals surface area contributed by atoms with Gasteiger partial charge >= 0.3 is 6.03 Å². The summed E-state index contributed by atoms with van der Waals surface area (Å²) in [6.45, 7) is 4.67. The third kappa shape index (κ3) is 8.31. The van der Waals surface area contributed by atoms with Gasteiger partial charge in [-0.25, -0.2) is 17.9 Å². The summed E-state index contributed by atoms with van der Waals surface area (Å²) in [4.78, 5) is 43.2. The van der Waals surface area contributed by atoms with Gasteiger partial charge in [0, 0.05) is 30.2 Å². The Labute approximate surface area is 251 Å². The highest BCUT2D eigenvalue weighted by molar-refractivity contribution is 7.89. The van der Waals surface area contributed by atoms with Crippen molar-refractivity contribution in [3.63, 3.8) is 0 Å². The van der Waals surface area contributed by atoms with Crippen LogP contribution in [0.4, 0.5) is 27.5 Å². The normalized spacial score (nSPS) is 15.1. The van der Waals surface area contributed by atoms with Crippen molar-refractivity contribution in [3.05, 3.63) is 84.4 Å². The highest BCUT2D eigenvalue weighted by Crippen LogP contribution is 2.37. The van der Waals surface area contributed by atoms with Crippen molar-refractivity contribution in [3.8, 4) is 0 Å². The molecule has 3 aromatic rings. The zero-order chi connectivity index (χ0) is 31.0. The highest BCUT2D eigenvalue weighted by atomic mass is 32.2. The van der Waals surface area contributed by atoms with Crippen molar-refractivity contribution in [2.45, 2.75) is 26.2 Å². The Balaban J connectivity index is 1.64. The minimum Gasteiger partial charge on any atom is -0.351 e. The third-order valence-electron chi connectivity index (χ3n) is 6.46. The molecule has 0 radical (unpaired) electrons. The smallest absolute Gasteiger partial charge is 0.319 e. The number of carbonyl (C=O) groups excluding carboxylic acids is 3. The molecule has 228 valence electrons. The molecule has 4 amide bonds. The molecule has 0 saturated heterocycles. The molecule has 0 aromatic heterocycles. The molecular formula is C30H35N5O7S. The first-order valence-corrected chi connectivity index (χ1v) is 15.6. The Morgan fingerprint density at radius 2 is 1.58 bits per heavy atom. The second-order valence-corrected chi connectivity index (χ2v) is 11.4. The number of sulfonamides is 1. The van der Waals surface area contributed by atoms with E-state index in [0.29, 0.717) is 18.9 Å². The van der Waals surface area contributed by atoms with Crippen LogP contribution in [-0.2, 0) is 24.3 Å². The van der Waals surface area contributed by atoms with E-state index in [1.165, 1.54) is 18.2 Å². The number of amides is 4. The molecule has 1 atom stereocenters. The maximum Gasteiger partial charge on any atom is 0.319 e. The van der Waals surface area contributed by atoms with E-state index >= 15 is 0 Å². The number of benzene rings is 3. The average molecular weight is 610 g/mol. The van der Waals surface area contributed by atoms with Gasteiger partial charge < -0.3 is 29.9 Å². The van der Waals surface area contributed by atoms with Crippen LogP contribution in [0.25, 0.3) is 0 Å². The molecule has 3 N–H and O–H groups in total. The van der Waals surface area contributed by atoms with Crippen LogP contribution in [0.3, 0.4) is 0 Å². The Hall–Kier alpha value is -4.46. The first kappa shape index (κ1) is 31.5. The Kier molecular flexibility index (Phi) is 10.3. The van der Waals surface area contributed by atoms with Gasteiger partial charge in [0.2, 0.25) is 10.0 Å². The predicted octanol–water partition coefficient (Wildman–Crippen LogP) is 3.45. The lowest BCUT2D eigenvalue weighted by molar-refractivity contribution is -0.136. The molecule has 1 unspecified atom stereocenters. The van der Waals surface area contributed by atoms with Gasteiger partial charge in [-0.1, -0.05) is 36.4 Å². The SMILES string of the molecule is CCOC(CN1C(=O)C(NC(=O)Nc2cccc(C(=O)NS(C)(=O)=O)c2)CN(c2ccccc2)c2ccccc21)OCC. The maximum atomic E-state index is 14.1. The first-order valence-electron chi connectivity index (χ1n) is 13.8. The van der Waals surface area contributed by atoms with E-state index in [-0.39, 0.29) is 30.2 Å². The van der Waals surface area contributed by atoms with E-state index in [2.05, 4.69) is 10.6 Å². The van der Waals surface area contributed by atoms with Gasteiger partial charge in [0.25, 0.3) is 11.8 Å². The van der Waals surface area contributed by atoms with Crippen LogP contribution in [0.5, 0.6) is 0 Å². The lowest BCUT2D eigenvalue weighted by atomic mass is 10.2. The zero-order valence-corrected chi connectivity index (χ0v) is 25.0. The molecule has 12 nitrogen and oxygen atoms in total. The monoisotopic (exact) mass is 609 g/mol. The number of nitrogens with one attached hydrogen (secondary N) is 3. The number of urea groups is 1. The van der Waals surface area contributed by atoms with Crippen LogP contribution in [0.1, 0.15) is 24.2 Å². The molecule has 3 aromatic carbocycles. The fourth-order valence-electron chi connectivity index (χ4n) is 4.70. The number of hydrogen-bond donors (Lipinski definition) is 3. The van der Waals surface area contributed by atoms with Crippen molar-refractivity contribution in [2.75, 3.05) is 47.7 Å². The van der Waals surface area contributed by atoms with Gasteiger partial charge in [0.15, 0.2) is 6.29 Å². The van der Waals surface area contributed by atoms with Gasteiger partial charge in [-0.3, -0.25) is 9.59 Å². The number of ether oxygens (including phenoxy) is 2. The maximum absolute atomic E-state index is 14.1. The van der Waals surface area contributed by atoms with E-state index in [0.717, 1.165) is 17.6 Å².